The number of aliphatic hydroxyl groups is 1. The molecule has 0 saturated carbocycles. The van der Waals surface area contributed by atoms with Crippen molar-refractivity contribution in [3.63, 3.8) is 0 Å². The highest BCUT2D eigenvalue weighted by molar-refractivity contribution is 5.93. The first-order valence-electron chi connectivity index (χ1n) is 8.26. The summed E-state index contributed by atoms with van der Waals surface area (Å²) in [5.41, 5.74) is 2.76. The molecule has 2 aromatic rings. The van der Waals surface area contributed by atoms with Crippen molar-refractivity contribution in [3.05, 3.63) is 53.9 Å². The van der Waals surface area contributed by atoms with Crippen LogP contribution >= 0.6 is 0 Å². The van der Waals surface area contributed by atoms with Gasteiger partial charge in [-0.2, -0.15) is 10.2 Å². The Labute approximate surface area is 141 Å². The van der Waals surface area contributed by atoms with Crippen molar-refractivity contribution < 1.29 is 9.90 Å². The first kappa shape index (κ1) is 16.4. The SMILES string of the molecule is O=C(NCc1ccc(N2CCC(CO)CC2)cc1)c1ccnnc1. The summed E-state index contributed by atoms with van der Waals surface area (Å²) in [5, 5.41) is 19.5. The molecule has 24 heavy (non-hydrogen) atoms. The van der Waals surface area contributed by atoms with Crippen molar-refractivity contribution in [2.75, 3.05) is 24.6 Å². The fourth-order valence-electron chi connectivity index (χ4n) is 2.91. The van der Waals surface area contributed by atoms with E-state index in [2.05, 4.69) is 32.5 Å². The number of piperidine rings is 1. The van der Waals surface area contributed by atoms with Crippen LogP contribution in [0.2, 0.25) is 0 Å². The van der Waals surface area contributed by atoms with Crippen molar-refractivity contribution >= 4 is 11.6 Å². The minimum absolute atomic E-state index is 0.153. The van der Waals surface area contributed by atoms with Crippen LogP contribution in [-0.2, 0) is 6.54 Å². The van der Waals surface area contributed by atoms with Crippen molar-refractivity contribution in [3.8, 4) is 0 Å². The van der Waals surface area contributed by atoms with Crippen molar-refractivity contribution in [2.45, 2.75) is 19.4 Å². The van der Waals surface area contributed by atoms with Crippen LogP contribution in [-0.4, -0.2) is 40.9 Å². The number of hydrogen-bond acceptors (Lipinski definition) is 5. The smallest absolute Gasteiger partial charge is 0.253 e. The van der Waals surface area contributed by atoms with Gasteiger partial charge in [0.1, 0.15) is 0 Å². The second-order valence-corrected chi connectivity index (χ2v) is 6.09. The largest absolute Gasteiger partial charge is 0.396 e. The summed E-state index contributed by atoms with van der Waals surface area (Å²) in [4.78, 5) is 14.3. The van der Waals surface area contributed by atoms with E-state index in [1.54, 1.807) is 6.07 Å². The van der Waals surface area contributed by atoms with Crippen LogP contribution in [0.15, 0.2) is 42.7 Å². The predicted octanol–water partition coefficient (Wildman–Crippen LogP) is 1.62. The van der Waals surface area contributed by atoms with Gasteiger partial charge in [-0.15, -0.1) is 0 Å². The number of nitrogens with zero attached hydrogens (tertiary/aromatic N) is 3. The molecule has 0 atom stereocenters. The minimum Gasteiger partial charge on any atom is -0.396 e. The molecule has 1 aromatic carbocycles. The molecule has 1 amide bonds. The van der Waals surface area contributed by atoms with E-state index in [9.17, 15) is 9.90 Å². The van der Waals surface area contributed by atoms with E-state index in [1.165, 1.54) is 18.1 Å². The summed E-state index contributed by atoms with van der Waals surface area (Å²) in [5.74, 6) is 0.290. The summed E-state index contributed by atoms with van der Waals surface area (Å²) < 4.78 is 0. The molecule has 0 bridgehead atoms. The van der Waals surface area contributed by atoms with Crippen LogP contribution in [0.3, 0.4) is 0 Å². The second-order valence-electron chi connectivity index (χ2n) is 6.09. The first-order chi connectivity index (χ1) is 11.8. The number of carbonyl (C=O) groups is 1. The number of aromatic nitrogens is 2. The summed E-state index contributed by atoms with van der Waals surface area (Å²) >= 11 is 0. The molecule has 1 aliphatic rings. The van der Waals surface area contributed by atoms with Crippen LogP contribution in [0.5, 0.6) is 0 Å². The summed E-state index contributed by atoms with van der Waals surface area (Å²) in [6.45, 7) is 2.74. The molecule has 1 aromatic heterocycles. The molecular formula is C18H22N4O2. The molecule has 6 nitrogen and oxygen atoms in total. The lowest BCUT2D eigenvalue weighted by Gasteiger charge is -2.33. The van der Waals surface area contributed by atoms with E-state index in [1.807, 2.05) is 12.1 Å². The van der Waals surface area contributed by atoms with Gasteiger partial charge in [0, 0.05) is 31.9 Å². The number of hydrogen-bond donors (Lipinski definition) is 2. The standard InChI is InChI=1S/C18H22N4O2/c23-13-15-6-9-22(10-7-15)17-3-1-14(2-4-17)11-19-18(24)16-5-8-20-21-12-16/h1-5,8,12,15,23H,6-7,9-11,13H2,(H,19,24). The molecule has 0 spiro atoms. The molecule has 1 aliphatic heterocycles. The maximum atomic E-state index is 12.0. The summed E-state index contributed by atoms with van der Waals surface area (Å²) in [6, 6.07) is 9.90. The van der Waals surface area contributed by atoms with Gasteiger partial charge in [0.15, 0.2) is 0 Å². The molecule has 2 heterocycles. The Morgan fingerprint density at radius 3 is 2.54 bits per heavy atom. The number of carbonyl (C=O) groups excluding carboxylic acids is 1. The topological polar surface area (TPSA) is 78.4 Å². The molecular weight excluding hydrogens is 304 g/mol. The first-order valence-corrected chi connectivity index (χ1v) is 8.26. The van der Waals surface area contributed by atoms with Gasteiger partial charge in [0.25, 0.3) is 5.91 Å². The van der Waals surface area contributed by atoms with E-state index in [0.717, 1.165) is 31.5 Å². The van der Waals surface area contributed by atoms with Gasteiger partial charge < -0.3 is 15.3 Å². The third kappa shape index (κ3) is 4.08. The van der Waals surface area contributed by atoms with Crippen LogP contribution < -0.4 is 10.2 Å². The number of amides is 1. The van der Waals surface area contributed by atoms with Crippen LogP contribution in [0.25, 0.3) is 0 Å². The molecule has 2 N–H and O–H groups in total. The fraction of sp³-hybridized carbons (Fsp3) is 0.389. The molecule has 6 heteroatoms. The van der Waals surface area contributed by atoms with E-state index in [4.69, 9.17) is 0 Å². The zero-order chi connectivity index (χ0) is 16.8. The average Bonchev–Trinajstić information content (AvgIpc) is 2.67. The Hall–Kier alpha value is -2.47. The Morgan fingerprint density at radius 1 is 1.17 bits per heavy atom. The number of benzene rings is 1. The lowest BCUT2D eigenvalue weighted by Crippen LogP contribution is -2.34. The quantitative estimate of drug-likeness (QED) is 0.873. The monoisotopic (exact) mass is 326 g/mol. The van der Waals surface area contributed by atoms with Crippen LogP contribution in [0, 0.1) is 5.92 Å². The maximum Gasteiger partial charge on any atom is 0.253 e. The Bertz CT molecular complexity index is 652. The molecule has 1 saturated heterocycles. The Kier molecular flexibility index (Phi) is 5.38. The zero-order valence-electron chi connectivity index (χ0n) is 13.6. The minimum atomic E-state index is -0.153. The second kappa shape index (κ2) is 7.88. The number of rotatable bonds is 5. The summed E-state index contributed by atoms with van der Waals surface area (Å²) in [6.07, 6.45) is 5.03. The molecule has 3 rings (SSSR count). The predicted molar refractivity (Wildman–Crippen MR) is 91.7 cm³/mol. The van der Waals surface area contributed by atoms with Crippen molar-refractivity contribution in [1.82, 2.24) is 15.5 Å². The molecule has 126 valence electrons. The highest BCUT2D eigenvalue weighted by atomic mass is 16.3. The lowest BCUT2D eigenvalue weighted by molar-refractivity contribution is 0.0950. The van der Waals surface area contributed by atoms with Gasteiger partial charge in [0.2, 0.25) is 0 Å². The van der Waals surface area contributed by atoms with E-state index in [0.29, 0.717) is 24.6 Å². The normalized spacial score (nSPS) is 15.3. The maximum absolute atomic E-state index is 12.0. The van der Waals surface area contributed by atoms with Gasteiger partial charge in [-0.3, -0.25) is 4.79 Å². The van der Waals surface area contributed by atoms with E-state index < -0.39 is 0 Å². The molecule has 0 aliphatic carbocycles. The molecule has 1 fully saturated rings. The summed E-state index contributed by atoms with van der Waals surface area (Å²) in [7, 11) is 0. The van der Waals surface area contributed by atoms with Gasteiger partial charge in [-0.05, 0) is 42.5 Å². The number of nitrogens with one attached hydrogen (secondary N) is 1. The van der Waals surface area contributed by atoms with E-state index >= 15 is 0 Å². The highest BCUT2D eigenvalue weighted by Crippen LogP contribution is 2.23. The van der Waals surface area contributed by atoms with Crippen molar-refractivity contribution in [2.24, 2.45) is 5.92 Å². The van der Waals surface area contributed by atoms with Crippen LogP contribution in [0.4, 0.5) is 5.69 Å². The van der Waals surface area contributed by atoms with Gasteiger partial charge in [-0.25, -0.2) is 0 Å². The lowest BCUT2D eigenvalue weighted by atomic mass is 9.97. The number of anilines is 1. The van der Waals surface area contributed by atoms with Gasteiger partial charge >= 0.3 is 0 Å². The third-order valence-corrected chi connectivity index (χ3v) is 4.47. The fourth-order valence-corrected chi connectivity index (χ4v) is 2.91. The van der Waals surface area contributed by atoms with Gasteiger partial charge in [-0.1, -0.05) is 12.1 Å². The van der Waals surface area contributed by atoms with Crippen LogP contribution in [0.1, 0.15) is 28.8 Å². The highest BCUT2D eigenvalue weighted by Gasteiger charge is 2.18. The Morgan fingerprint density at radius 2 is 1.92 bits per heavy atom. The van der Waals surface area contributed by atoms with E-state index in [-0.39, 0.29) is 5.91 Å². The number of aliphatic hydroxyl groups excluding tert-OH is 1. The average molecular weight is 326 g/mol. The van der Waals surface area contributed by atoms with Gasteiger partial charge in [0.05, 0.1) is 18.0 Å². The van der Waals surface area contributed by atoms with Crippen molar-refractivity contribution in [1.29, 1.82) is 0 Å². The third-order valence-electron chi connectivity index (χ3n) is 4.47. The molecule has 0 radical (unpaired) electrons. The molecule has 0 unspecified atom stereocenters. The zero-order valence-corrected chi connectivity index (χ0v) is 13.6. The Balaban J connectivity index is 1.52.